The second kappa shape index (κ2) is 14.6. The lowest BCUT2D eigenvalue weighted by atomic mass is 9.99. The molecule has 3 N–H and O–H groups in total. The third-order valence-electron chi connectivity index (χ3n) is 8.30. The van der Waals surface area contributed by atoms with Crippen molar-refractivity contribution in [3.05, 3.63) is 70.5 Å². The van der Waals surface area contributed by atoms with Gasteiger partial charge in [-0.2, -0.15) is 13.5 Å². The summed E-state index contributed by atoms with van der Waals surface area (Å²) >= 11 is 6.65. The molecule has 0 radical (unpaired) electrons. The molecule has 1 saturated heterocycles. The summed E-state index contributed by atoms with van der Waals surface area (Å²) in [4.78, 5) is 37.6. The summed E-state index contributed by atoms with van der Waals surface area (Å²) in [7, 11) is 0. The standard InChI is InChI=1S/C31H37ClN6O5.H2S/c32-29-26-8-10-37(16-22(26)3-4-27(29)42-18-25-15-33-19-43-25)17-24(39)14-35-30(40)21-5-9-34-28(13-21)36-23-6-11-38(12-7-23)31(41)20-1-2-20;/h3-5,9,13,15,19-20,23-24,39H,1-2,6-8,10-12,14,16-18H2,(H,34,36)(H,35,40);1H2/t24-;/m0./s1. The lowest BCUT2D eigenvalue weighted by Crippen LogP contribution is -2.43. The summed E-state index contributed by atoms with van der Waals surface area (Å²) in [5, 5.41) is 17.6. The smallest absolute Gasteiger partial charge is 0.251 e. The monoisotopic (exact) mass is 642 g/mol. The highest BCUT2D eigenvalue weighted by atomic mass is 35.5. The van der Waals surface area contributed by atoms with Crippen molar-refractivity contribution in [3.8, 4) is 5.75 Å². The molecule has 13 heteroatoms. The Labute approximate surface area is 268 Å². The molecule has 44 heavy (non-hydrogen) atoms. The van der Waals surface area contributed by atoms with Gasteiger partial charge >= 0.3 is 0 Å². The highest BCUT2D eigenvalue weighted by Gasteiger charge is 2.35. The van der Waals surface area contributed by atoms with Gasteiger partial charge in [-0.15, -0.1) is 0 Å². The Bertz CT molecular complexity index is 1430. The fourth-order valence-electron chi connectivity index (χ4n) is 5.75. The first-order valence-electron chi connectivity index (χ1n) is 14.9. The molecule has 2 aromatic heterocycles. The molecule has 6 rings (SSSR count). The number of fused-ring (bicyclic) bond motifs is 1. The SMILES string of the molecule is O=C(NC[C@H](O)CN1CCc2c(ccc(OCc3cnco3)c2Cl)C1)c1ccnc(NC2CCN(C(=O)C3CC3)CC2)c1.S. The molecule has 2 amide bonds. The van der Waals surface area contributed by atoms with Gasteiger partial charge in [0.05, 0.1) is 17.3 Å². The number of nitrogens with zero attached hydrogens (tertiary/aromatic N) is 4. The molecular weight excluding hydrogens is 604 g/mol. The summed E-state index contributed by atoms with van der Waals surface area (Å²) in [6.07, 6.45) is 8.35. The summed E-state index contributed by atoms with van der Waals surface area (Å²) in [5.74, 6) is 2.15. The number of halogens is 1. The van der Waals surface area contributed by atoms with E-state index in [9.17, 15) is 14.7 Å². The van der Waals surface area contributed by atoms with Crippen molar-refractivity contribution in [2.75, 3.05) is 38.0 Å². The Hall–Kier alpha value is -3.32. The van der Waals surface area contributed by atoms with Crippen LogP contribution in [-0.4, -0.2) is 81.6 Å². The molecule has 4 heterocycles. The highest BCUT2D eigenvalue weighted by molar-refractivity contribution is 7.59. The quantitative estimate of drug-likeness (QED) is 0.288. The first-order chi connectivity index (χ1) is 20.9. The maximum absolute atomic E-state index is 12.9. The highest BCUT2D eigenvalue weighted by Crippen LogP contribution is 2.35. The Morgan fingerprint density at radius 3 is 2.73 bits per heavy atom. The number of β-amino-alcohol motifs (C(OH)–C–C–N with tert-alkyl or cyclic N) is 1. The number of carbonyl (C=O) groups is 2. The van der Waals surface area contributed by atoms with E-state index in [1.54, 1.807) is 24.5 Å². The number of pyridine rings is 1. The number of anilines is 1. The van der Waals surface area contributed by atoms with E-state index in [1.165, 1.54) is 6.39 Å². The van der Waals surface area contributed by atoms with Crippen LogP contribution >= 0.6 is 25.1 Å². The largest absolute Gasteiger partial charge is 0.484 e. The first kappa shape index (κ1) is 32.1. The van der Waals surface area contributed by atoms with Crippen LogP contribution in [0.4, 0.5) is 5.82 Å². The average Bonchev–Trinajstić information content (AvgIpc) is 3.74. The molecule has 3 aromatic rings. The molecule has 236 valence electrons. The third kappa shape index (κ3) is 8.03. The van der Waals surface area contributed by atoms with Gasteiger partial charge in [-0.3, -0.25) is 14.5 Å². The predicted octanol–water partition coefficient (Wildman–Crippen LogP) is 3.38. The molecule has 0 spiro atoms. The Morgan fingerprint density at radius 1 is 1.16 bits per heavy atom. The van der Waals surface area contributed by atoms with Crippen molar-refractivity contribution < 1.29 is 23.8 Å². The lowest BCUT2D eigenvalue weighted by Gasteiger charge is -2.32. The number of amides is 2. The van der Waals surface area contributed by atoms with Crippen LogP contribution < -0.4 is 15.4 Å². The maximum Gasteiger partial charge on any atom is 0.251 e. The van der Waals surface area contributed by atoms with Crippen molar-refractivity contribution in [1.82, 2.24) is 25.1 Å². The van der Waals surface area contributed by atoms with Crippen molar-refractivity contribution in [3.63, 3.8) is 0 Å². The number of hydrogen-bond donors (Lipinski definition) is 3. The second-order valence-corrected chi connectivity index (χ2v) is 11.9. The lowest BCUT2D eigenvalue weighted by molar-refractivity contribution is -0.133. The molecule has 0 unspecified atom stereocenters. The van der Waals surface area contributed by atoms with Gasteiger partial charge in [0, 0.05) is 63.0 Å². The number of hydrogen-bond acceptors (Lipinski definition) is 9. The molecular formula is C31H39ClN6O5S. The number of aliphatic hydroxyl groups excluding tert-OH is 1. The van der Waals surface area contributed by atoms with Crippen LogP contribution in [0.1, 0.15) is 52.9 Å². The van der Waals surface area contributed by atoms with Gasteiger partial charge in [-0.05, 0) is 61.4 Å². The molecule has 2 aliphatic heterocycles. The van der Waals surface area contributed by atoms with E-state index >= 15 is 0 Å². The van der Waals surface area contributed by atoms with Crippen LogP contribution in [-0.2, 0) is 24.4 Å². The fourth-order valence-corrected chi connectivity index (χ4v) is 6.08. The predicted molar refractivity (Wildman–Crippen MR) is 170 cm³/mol. The van der Waals surface area contributed by atoms with Crippen molar-refractivity contribution in [2.45, 2.75) is 57.4 Å². The number of rotatable bonds is 11. The van der Waals surface area contributed by atoms with Gasteiger partial charge in [-0.25, -0.2) is 9.97 Å². The Kier molecular flexibility index (Phi) is 10.7. The number of aliphatic hydroxyl groups is 1. The summed E-state index contributed by atoms with van der Waals surface area (Å²) in [6, 6.07) is 7.47. The summed E-state index contributed by atoms with van der Waals surface area (Å²) in [5.41, 5.74) is 2.63. The van der Waals surface area contributed by atoms with E-state index in [2.05, 4.69) is 25.5 Å². The molecule has 2 fully saturated rings. The minimum atomic E-state index is -0.728. The average molecular weight is 643 g/mol. The summed E-state index contributed by atoms with van der Waals surface area (Å²) < 4.78 is 11.0. The first-order valence-corrected chi connectivity index (χ1v) is 15.3. The van der Waals surface area contributed by atoms with Crippen molar-refractivity contribution in [1.29, 1.82) is 0 Å². The molecule has 1 aromatic carbocycles. The van der Waals surface area contributed by atoms with E-state index in [0.717, 1.165) is 62.9 Å². The van der Waals surface area contributed by atoms with E-state index in [0.29, 0.717) is 46.9 Å². The van der Waals surface area contributed by atoms with Gasteiger partial charge in [0.2, 0.25) is 5.91 Å². The van der Waals surface area contributed by atoms with Crippen molar-refractivity contribution >= 4 is 42.7 Å². The van der Waals surface area contributed by atoms with E-state index in [1.807, 2.05) is 17.0 Å². The molecule has 1 atom stereocenters. The number of piperidine rings is 1. The fraction of sp³-hybridized carbons (Fsp3) is 0.484. The summed E-state index contributed by atoms with van der Waals surface area (Å²) in [6.45, 7) is 3.69. The third-order valence-corrected chi connectivity index (χ3v) is 8.72. The zero-order valence-electron chi connectivity index (χ0n) is 24.5. The second-order valence-electron chi connectivity index (χ2n) is 11.6. The number of likely N-dealkylation sites (tertiary alicyclic amines) is 1. The minimum Gasteiger partial charge on any atom is -0.484 e. The van der Waals surface area contributed by atoms with Crippen LogP contribution in [0.5, 0.6) is 5.75 Å². The molecule has 0 bridgehead atoms. The molecule has 3 aliphatic rings. The van der Waals surface area contributed by atoms with Crippen LogP contribution in [0.3, 0.4) is 0 Å². The number of carbonyl (C=O) groups excluding carboxylic acids is 2. The molecule has 1 saturated carbocycles. The zero-order valence-corrected chi connectivity index (χ0v) is 26.3. The van der Waals surface area contributed by atoms with Gasteiger partial charge in [0.1, 0.15) is 18.2 Å². The number of aromatic nitrogens is 2. The maximum atomic E-state index is 12.9. The van der Waals surface area contributed by atoms with Gasteiger partial charge in [0.25, 0.3) is 5.91 Å². The topological polar surface area (TPSA) is 133 Å². The van der Waals surface area contributed by atoms with Gasteiger partial charge < -0.3 is 29.8 Å². The van der Waals surface area contributed by atoms with E-state index < -0.39 is 6.10 Å². The van der Waals surface area contributed by atoms with Gasteiger partial charge in [-0.1, -0.05) is 17.7 Å². The zero-order chi connectivity index (χ0) is 29.8. The van der Waals surface area contributed by atoms with Crippen LogP contribution in [0.25, 0.3) is 0 Å². The molecule has 1 aliphatic carbocycles. The minimum absolute atomic E-state index is 0. The number of oxazole rings is 1. The Morgan fingerprint density at radius 2 is 1.98 bits per heavy atom. The van der Waals surface area contributed by atoms with E-state index in [4.69, 9.17) is 20.8 Å². The number of benzene rings is 1. The van der Waals surface area contributed by atoms with Crippen LogP contribution in [0.15, 0.2) is 47.5 Å². The van der Waals surface area contributed by atoms with Crippen molar-refractivity contribution in [2.24, 2.45) is 5.92 Å². The number of nitrogens with one attached hydrogen (secondary N) is 2. The van der Waals surface area contributed by atoms with Crippen LogP contribution in [0, 0.1) is 5.92 Å². The van der Waals surface area contributed by atoms with Gasteiger partial charge in [0.15, 0.2) is 12.2 Å². The molecule has 11 nitrogen and oxygen atoms in total. The number of ether oxygens (including phenoxy) is 1. The normalized spacial score (nSPS) is 17.7. The van der Waals surface area contributed by atoms with E-state index in [-0.39, 0.29) is 44.5 Å². The Balaban J connectivity index is 0.00000384. The van der Waals surface area contributed by atoms with Crippen LogP contribution in [0.2, 0.25) is 5.02 Å².